The number of rotatable bonds is 9. The molecule has 6 nitrogen and oxygen atoms in total. The lowest BCUT2D eigenvalue weighted by Crippen LogP contribution is -2.23. The Labute approximate surface area is 191 Å². The van der Waals surface area contributed by atoms with Gasteiger partial charge in [-0.25, -0.2) is 0 Å². The van der Waals surface area contributed by atoms with Crippen molar-refractivity contribution in [2.45, 2.75) is 56.2 Å². The Balaban J connectivity index is 1.41. The van der Waals surface area contributed by atoms with Crippen molar-refractivity contribution in [1.82, 2.24) is 14.8 Å². The molecule has 4 rings (SSSR count). The maximum Gasteiger partial charge on any atom is 0.237 e. The lowest BCUT2D eigenvalue weighted by Gasteiger charge is -2.14. The number of hydrogen-bond donors (Lipinski definition) is 1. The van der Waals surface area contributed by atoms with Crippen molar-refractivity contribution >= 4 is 35.0 Å². The third-order valence-electron chi connectivity index (χ3n) is 5.12. The summed E-state index contributed by atoms with van der Waals surface area (Å²) in [6, 6.07) is 15.7. The number of thioether (sulfide) groups is 1. The number of amides is 1. The van der Waals surface area contributed by atoms with E-state index in [0.717, 1.165) is 35.9 Å². The minimum absolute atomic E-state index is 0.0616. The first kappa shape index (κ1) is 21.7. The van der Waals surface area contributed by atoms with Gasteiger partial charge in [0.15, 0.2) is 11.0 Å². The van der Waals surface area contributed by atoms with Gasteiger partial charge < -0.3 is 10.1 Å². The largest absolute Gasteiger partial charge is 0.484 e. The molecule has 1 aromatic heterocycles. The zero-order valence-electron chi connectivity index (χ0n) is 17.5. The molecule has 0 bridgehead atoms. The Morgan fingerprint density at radius 1 is 1.23 bits per heavy atom. The number of ether oxygens (including phenoxy) is 1. The van der Waals surface area contributed by atoms with Crippen molar-refractivity contribution < 1.29 is 9.53 Å². The summed E-state index contributed by atoms with van der Waals surface area (Å²) in [6.07, 6.45) is 3.13. The Hall–Kier alpha value is -2.51. The zero-order valence-corrected chi connectivity index (χ0v) is 19.1. The smallest absolute Gasteiger partial charge is 0.237 e. The lowest BCUT2D eigenvalue weighted by molar-refractivity contribution is -0.115. The van der Waals surface area contributed by atoms with Gasteiger partial charge in [0, 0.05) is 11.7 Å². The molecule has 1 atom stereocenters. The monoisotopic (exact) mass is 456 g/mol. The fourth-order valence-corrected chi connectivity index (χ4v) is 4.30. The Morgan fingerprint density at radius 2 is 1.97 bits per heavy atom. The van der Waals surface area contributed by atoms with Gasteiger partial charge in [0.1, 0.15) is 12.4 Å². The second-order valence-corrected chi connectivity index (χ2v) is 9.23. The van der Waals surface area contributed by atoms with Crippen LogP contribution < -0.4 is 10.1 Å². The van der Waals surface area contributed by atoms with Gasteiger partial charge in [-0.15, -0.1) is 10.2 Å². The van der Waals surface area contributed by atoms with Crippen molar-refractivity contribution in [3.8, 4) is 5.75 Å². The van der Waals surface area contributed by atoms with Crippen LogP contribution in [0.2, 0.25) is 5.02 Å². The number of aromatic nitrogens is 3. The van der Waals surface area contributed by atoms with Crippen LogP contribution in [-0.4, -0.2) is 25.9 Å². The molecule has 1 amide bonds. The molecular weight excluding hydrogens is 432 g/mol. The number of para-hydroxylation sites is 1. The summed E-state index contributed by atoms with van der Waals surface area (Å²) >= 11 is 7.60. The van der Waals surface area contributed by atoms with Crippen LogP contribution in [0.5, 0.6) is 5.75 Å². The molecule has 31 heavy (non-hydrogen) atoms. The Bertz CT molecular complexity index is 1050. The van der Waals surface area contributed by atoms with E-state index in [1.54, 1.807) is 6.07 Å². The Kier molecular flexibility index (Phi) is 6.83. The van der Waals surface area contributed by atoms with Gasteiger partial charge in [-0.1, -0.05) is 54.6 Å². The van der Waals surface area contributed by atoms with E-state index in [1.165, 1.54) is 17.3 Å². The minimum atomic E-state index is -0.315. The van der Waals surface area contributed by atoms with Crippen molar-refractivity contribution in [2.75, 3.05) is 5.32 Å². The number of nitrogens with one attached hydrogen (secondary N) is 1. The highest BCUT2D eigenvalue weighted by Gasteiger charge is 2.31. The maximum atomic E-state index is 12.7. The average Bonchev–Trinajstić information content (AvgIpc) is 3.54. The number of hydrogen-bond acceptors (Lipinski definition) is 5. The molecule has 3 aromatic rings. The first-order valence-corrected chi connectivity index (χ1v) is 11.7. The lowest BCUT2D eigenvalue weighted by atomic mass is 10.1. The van der Waals surface area contributed by atoms with E-state index in [-0.39, 0.29) is 17.8 Å². The van der Waals surface area contributed by atoms with E-state index in [9.17, 15) is 4.79 Å². The molecule has 0 radical (unpaired) electrons. The fraction of sp³-hybridized carbons (Fsp3) is 0.348. The van der Waals surface area contributed by atoms with Crippen LogP contribution in [-0.2, 0) is 17.8 Å². The summed E-state index contributed by atoms with van der Waals surface area (Å²) in [7, 11) is 0. The summed E-state index contributed by atoms with van der Waals surface area (Å²) in [4.78, 5) is 12.7. The minimum Gasteiger partial charge on any atom is -0.484 e. The zero-order chi connectivity index (χ0) is 21.8. The van der Waals surface area contributed by atoms with Crippen LogP contribution in [0.15, 0.2) is 53.7 Å². The highest BCUT2D eigenvalue weighted by Crippen LogP contribution is 2.40. The van der Waals surface area contributed by atoms with Crippen LogP contribution in [0.1, 0.15) is 44.1 Å². The third-order valence-corrected chi connectivity index (χ3v) is 6.49. The van der Waals surface area contributed by atoms with Gasteiger partial charge in [0.25, 0.3) is 0 Å². The van der Waals surface area contributed by atoms with E-state index < -0.39 is 0 Å². The summed E-state index contributed by atoms with van der Waals surface area (Å²) in [5.74, 6) is 1.30. The number of carbonyl (C=O) groups excluding carboxylic acids is 1. The number of aryl methyl sites for hydroxylation is 1. The standard InChI is InChI=1S/C23H25ClN4O2S/c1-3-16-8-10-17(11-9-16)25-22(29)15(2)31-23-27-26-21(28(23)18-12-13-18)14-30-20-7-5-4-6-19(20)24/h4-11,15,18H,3,12-14H2,1-2H3,(H,25,29). The summed E-state index contributed by atoms with van der Waals surface area (Å²) in [5, 5.41) is 12.6. The van der Waals surface area contributed by atoms with E-state index in [2.05, 4.69) is 27.0 Å². The average molecular weight is 457 g/mol. The van der Waals surface area contributed by atoms with Crippen LogP contribution >= 0.6 is 23.4 Å². The molecule has 8 heteroatoms. The van der Waals surface area contributed by atoms with Crippen molar-refractivity contribution in [3.05, 3.63) is 64.9 Å². The van der Waals surface area contributed by atoms with E-state index in [4.69, 9.17) is 16.3 Å². The molecule has 0 spiro atoms. The topological polar surface area (TPSA) is 69.0 Å². The molecule has 1 aliphatic rings. The van der Waals surface area contributed by atoms with Crippen LogP contribution in [0.25, 0.3) is 0 Å². The van der Waals surface area contributed by atoms with Crippen LogP contribution in [0, 0.1) is 0 Å². The van der Waals surface area contributed by atoms with Crippen molar-refractivity contribution in [3.63, 3.8) is 0 Å². The highest BCUT2D eigenvalue weighted by atomic mass is 35.5. The molecule has 0 aliphatic heterocycles. The van der Waals surface area contributed by atoms with Crippen LogP contribution in [0.4, 0.5) is 5.69 Å². The van der Waals surface area contributed by atoms with E-state index in [0.29, 0.717) is 16.8 Å². The molecule has 1 aliphatic carbocycles. The van der Waals surface area contributed by atoms with Gasteiger partial charge in [-0.3, -0.25) is 9.36 Å². The molecule has 1 unspecified atom stereocenters. The van der Waals surface area contributed by atoms with Gasteiger partial charge in [-0.2, -0.15) is 0 Å². The number of halogens is 1. The van der Waals surface area contributed by atoms with Gasteiger partial charge in [0.05, 0.1) is 10.3 Å². The molecule has 1 saturated carbocycles. The second kappa shape index (κ2) is 9.75. The van der Waals surface area contributed by atoms with Gasteiger partial charge >= 0.3 is 0 Å². The summed E-state index contributed by atoms with van der Waals surface area (Å²) in [6.45, 7) is 4.26. The molecule has 1 heterocycles. The molecule has 0 saturated heterocycles. The summed E-state index contributed by atoms with van der Waals surface area (Å²) < 4.78 is 7.96. The Morgan fingerprint density at radius 3 is 2.65 bits per heavy atom. The van der Waals surface area contributed by atoms with Crippen molar-refractivity contribution in [2.24, 2.45) is 0 Å². The number of carbonyl (C=O) groups is 1. The van der Waals surface area contributed by atoms with E-state index >= 15 is 0 Å². The summed E-state index contributed by atoms with van der Waals surface area (Å²) in [5.41, 5.74) is 2.04. The van der Waals surface area contributed by atoms with Gasteiger partial charge in [0.2, 0.25) is 5.91 Å². The number of anilines is 1. The third kappa shape index (κ3) is 5.40. The molecule has 1 N–H and O–H groups in total. The SMILES string of the molecule is CCc1ccc(NC(=O)C(C)Sc2nnc(COc3ccccc3Cl)n2C2CC2)cc1. The predicted molar refractivity (Wildman–Crippen MR) is 124 cm³/mol. The molecule has 162 valence electrons. The van der Waals surface area contributed by atoms with Crippen LogP contribution in [0.3, 0.4) is 0 Å². The first-order valence-electron chi connectivity index (χ1n) is 10.4. The van der Waals surface area contributed by atoms with Gasteiger partial charge in [-0.05, 0) is 56.0 Å². The van der Waals surface area contributed by atoms with E-state index in [1.807, 2.05) is 49.4 Å². The predicted octanol–water partition coefficient (Wildman–Crippen LogP) is 5.53. The number of benzene rings is 2. The molecule has 1 fully saturated rings. The number of nitrogens with zero attached hydrogens (tertiary/aromatic N) is 3. The van der Waals surface area contributed by atoms with Crippen molar-refractivity contribution in [1.29, 1.82) is 0 Å². The molecular formula is C23H25ClN4O2S. The fourth-order valence-electron chi connectivity index (χ4n) is 3.17. The highest BCUT2D eigenvalue weighted by molar-refractivity contribution is 8.00. The second-order valence-electron chi connectivity index (χ2n) is 7.52. The quantitative estimate of drug-likeness (QED) is 0.429. The maximum absolute atomic E-state index is 12.7. The first-order chi connectivity index (χ1) is 15.0. The normalized spacial score (nSPS) is 14.3. The molecule has 2 aromatic carbocycles.